The van der Waals surface area contributed by atoms with Crippen molar-refractivity contribution in [3.63, 3.8) is 0 Å². The molecule has 0 atom stereocenters. The van der Waals surface area contributed by atoms with Gasteiger partial charge in [-0.25, -0.2) is 13.2 Å². The van der Waals surface area contributed by atoms with Crippen LogP contribution in [0.4, 0.5) is 0 Å². The number of hydrogen-bond acceptors (Lipinski definition) is 4. The minimum absolute atomic E-state index is 0.144. The molecule has 0 fully saturated rings. The van der Waals surface area contributed by atoms with E-state index in [4.69, 9.17) is 4.74 Å². The second-order valence-electron chi connectivity index (χ2n) is 5.06. The van der Waals surface area contributed by atoms with Crippen LogP contribution in [0.5, 0.6) is 0 Å². The molecule has 4 nitrogen and oxygen atoms in total. The van der Waals surface area contributed by atoms with Crippen LogP contribution in [0.15, 0.2) is 58.3 Å². The van der Waals surface area contributed by atoms with E-state index in [9.17, 15) is 13.2 Å². The van der Waals surface area contributed by atoms with E-state index >= 15 is 0 Å². The van der Waals surface area contributed by atoms with Gasteiger partial charge in [0.15, 0.2) is 4.91 Å². The summed E-state index contributed by atoms with van der Waals surface area (Å²) in [6.07, 6.45) is 0. The molecule has 0 unspecified atom stereocenters. The topological polar surface area (TPSA) is 60.4 Å². The molecule has 0 spiro atoms. The Labute approximate surface area is 129 Å². The maximum atomic E-state index is 12.7. The molecule has 1 heterocycles. The van der Waals surface area contributed by atoms with Crippen molar-refractivity contribution in [2.75, 3.05) is 7.11 Å². The molecule has 0 bridgehead atoms. The predicted octanol–water partition coefficient (Wildman–Crippen LogP) is 2.71. The molecule has 2 aromatic rings. The summed E-state index contributed by atoms with van der Waals surface area (Å²) in [5.74, 6) is -0.841. The molecule has 0 aromatic heterocycles. The molecule has 0 saturated carbocycles. The van der Waals surface area contributed by atoms with Crippen LogP contribution < -0.4 is 0 Å². The van der Waals surface area contributed by atoms with Crippen LogP contribution in [-0.4, -0.2) is 21.5 Å². The summed E-state index contributed by atoms with van der Waals surface area (Å²) in [6.45, 7) is 1.94. The fourth-order valence-corrected chi connectivity index (χ4v) is 4.32. The van der Waals surface area contributed by atoms with E-state index in [0.29, 0.717) is 16.7 Å². The number of rotatable bonds is 2. The lowest BCUT2D eigenvalue weighted by atomic mass is 9.97. The molecule has 3 rings (SSSR count). The van der Waals surface area contributed by atoms with Crippen molar-refractivity contribution in [1.82, 2.24) is 0 Å². The van der Waals surface area contributed by atoms with E-state index in [1.54, 1.807) is 18.2 Å². The summed E-state index contributed by atoms with van der Waals surface area (Å²) >= 11 is 0. The van der Waals surface area contributed by atoms with E-state index in [2.05, 4.69) is 0 Å². The summed E-state index contributed by atoms with van der Waals surface area (Å²) in [5, 5.41) is 0. The molecule has 2 aromatic carbocycles. The Hall–Kier alpha value is -2.40. The zero-order valence-corrected chi connectivity index (χ0v) is 13.0. The van der Waals surface area contributed by atoms with Gasteiger partial charge in [0.05, 0.1) is 12.0 Å². The molecule has 5 heteroatoms. The summed E-state index contributed by atoms with van der Waals surface area (Å²) < 4.78 is 30.1. The molecule has 0 amide bonds. The van der Waals surface area contributed by atoms with Gasteiger partial charge in [-0.1, -0.05) is 48.0 Å². The number of ether oxygens (including phenoxy) is 1. The maximum absolute atomic E-state index is 12.7. The zero-order valence-electron chi connectivity index (χ0n) is 12.2. The number of sulfone groups is 1. The normalized spacial score (nSPS) is 15.5. The number of hydrogen-bond donors (Lipinski definition) is 0. The standard InChI is InChI=1S/C17H14O4S/c1-11-7-9-12(10-8-11)15-13-5-3-4-6-14(13)22(19,20)16(15)17(18)21-2/h3-10H,1-2H3. The fourth-order valence-electron chi connectivity index (χ4n) is 2.59. The van der Waals surface area contributed by atoms with Crippen LogP contribution in [0, 0.1) is 6.92 Å². The lowest BCUT2D eigenvalue weighted by Crippen LogP contribution is -2.13. The predicted molar refractivity (Wildman–Crippen MR) is 82.8 cm³/mol. The molecule has 0 aliphatic carbocycles. The fraction of sp³-hybridized carbons (Fsp3) is 0.118. The number of aryl methyl sites for hydroxylation is 1. The number of carbonyl (C=O) groups is 1. The Balaban J connectivity index is 2.38. The van der Waals surface area contributed by atoms with Gasteiger partial charge in [0, 0.05) is 11.1 Å². The van der Waals surface area contributed by atoms with Crippen LogP contribution in [0.1, 0.15) is 16.7 Å². The summed E-state index contributed by atoms with van der Waals surface area (Å²) in [6, 6.07) is 14.0. The zero-order chi connectivity index (χ0) is 15.9. The van der Waals surface area contributed by atoms with Gasteiger partial charge in [-0.05, 0) is 18.6 Å². The number of fused-ring (bicyclic) bond motifs is 1. The van der Waals surface area contributed by atoms with Gasteiger partial charge >= 0.3 is 5.97 Å². The van der Waals surface area contributed by atoms with Crippen molar-refractivity contribution in [3.05, 3.63) is 70.1 Å². The second kappa shape index (κ2) is 5.10. The highest BCUT2D eigenvalue weighted by atomic mass is 32.2. The quantitative estimate of drug-likeness (QED) is 0.800. The first-order valence-corrected chi connectivity index (χ1v) is 8.19. The van der Waals surface area contributed by atoms with Crippen molar-refractivity contribution >= 4 is 21.4 Å². The monoisotopic (exact) mass is 314 g/mol. The van der Waals surface area contributed by atoms with Crippen molar-refractivity contribution in [3.8, 4) is 0 Å². The minimum Gasteiger partial charge on any atom is -0.465 e. The SMILES string of the molecule is COC(=O)C1=C(c2ccc(C)cc2)c2ccccc2S1(=O)=O. The molecule has 22 heavy (non-hydrogen) atoms. The molecule has 1 aliphatic rings. The molecular formula is C17H14O4S. The minimum atomic E-state index is -3.86. The first-order chi connectivity index (χ1) is 10.5. The van der Waals surface area contributed by atoms with Crippen molar-refractivity contribution < 1.29 is 17.9 Å². The Kier molecular flexibility index (Phi) is 3.37. The summed E-state index contributed by atoms with van der Waals surface area (Å²) in [5.41, 5.74) is 2.67. The lowest BCUT2D eigenvalue weighted by molar-refractivity contribution is -0.135. The Bertz CT molecular complexity index is 891. The average molecular weight is 314 g/mol. The van der Waals surface area contributed by atoms with E-state index in [0.717, 1.165) is 5.56 Å². The van der Waals surface area contributed by atoms with E-state index in [-0.39, 0.29) is 9.80 Å². The van der Waals surface area contributed by atoms with Gasteiger partial charge in [0.1, 0.15) is 0 Å². The van der Waals surface area contributed by atoms with Crippen LogP contribution in [-0.2, 0) is 19.4 Å². The highest BCUT2D eigenvalue weighted by molar-refractivity contribution is 7.97. The Morgan fingerprint density at radius 2 is 1.64 bits per heavy atom. The third-order valence-corrected chi connectivity index (χ3v) is 5.50. The largest absolute Gasteiger partial charge is 0.465 e. The smallest absolute Gasteiger partial charge is 0.350 e. The molecule has 0 radical (unpaired) electrons. The third-order valence-electron chi connectivity index (χ3n) is 3.65. The third kappa shape index (κ3) is 2.05. The second-order valence-corrected chi connectivity index (χ2v) is 6.92. The van der Waals surface area contributed by atoms with Gasteiger partial charge in [-0.2, -0.15) is 0 Å². The van der Waals surface area contributed by atoms with Gasteiger partial charge in [-0.3, -0.25) is 0 Å². The van der Waals surface area contributed by atoms with Crippen LogP contribution in [0.3, 0.4) is 0 Å². The Morgan fingerprint density at radius 1 is 1.00 bits per heavy atom. The van der Waals surface area contributed by atoms with Gasteiger partial charge in [-0.15, -0.1) is 0 Å². The summed E-state index contributed by atoms with van der Waals surface area (Å²) in [4.78, 5) is 11.9. The van der Waals surface area contributed by atoms with E-state index in [1.165, 1.54) is 13.2 Å². The molecule has 1 aliphatic heterocycles. The average Bonchev–Trinajstić information content (AvgIpc) is 2.76. The van der Waals surface area contributed by atoms with Crippen molar-refractivity contribution in [2.24, 2.45) is 0 Å². The number of benzene rings is 2. The highest BCUT2D eigenvalue weighted by Gasteiger charge is 2.40. The van der Waals surface area contributed by atoms with Gasteiger partial charge in [0.2, 0.25) is 9.84 Å². The number of esters is 1. The molecule has 0 saturated heterocycles. The highest BCUT2D eigenvalue weighted by Crippen LogP contribution is 2.42. The van der Waals surface area contributed by atoms with E-state index in [1.807, 2.05) is 31.2 Å². The molecule has 112 valence electrons. The lowest BCUT2D eigenvalue weighted by Gasteiger charge is -2.07. The van der Waals surface area contributed by atoms with Gasteiger partial charge in [0.25, 0.3) is 0 Å². The molecular weight excluding hydrogens is 300 g/mol. The maximum Gasteiger partial charge on any atom is 0.350 e. The van der Waals surface area contributed by atoms with Gasteiger partial charge < -0.3 is 4.74 Å². The van der Waals surface area contributed by atoms with Crippen LogP contribution in [0.25, 0.3) is 5.57 Å². The first-order valence-electron chi connectivity index (χ1n) is 6.71. The van der Waals surface area contributed by atoms with Crippen LogP contribution in [0.2, 0.25) is 0 Å². The molecule has 0 N–H and O–H groups in total. The first kappa shape index (κ1) is 14.5. The van der Waals surface area contributed by atoms with Crippen molar-refractivity contribution in [1.29, 1.82) is 0 Å². The summed E-state index contributed by atoms with van der Waals surface area (Å²) in [7, 11) is -2.68. The van der Waals surface area contributed by atoms with E-state index < -0.39 is 15.8 Å². The number of carbonyl (C=O) groups excluding carboxylic acids is 1. The van der Waals surface area contributed by atoms with Crippen molar-refractivity contribution in [2.45, 2.75) is 11.8 Å². The van der Waals surface area contributed by atoms with Crippen LogP contribution >= 0.6 is 0 Å². The number of methoxy groups -OCH3 is 1. The Morgan fingerprint density at radius 3 is 2.27 bits per heavy atom.